The van der Waals surface area contributed by atoms with Crippen LogP contribution in [-0.2, 0) is 0 Å². The second-order valence-electron chi connectivity index (χ2n) is 2.67. The van der Waals surface area contributed by atoms with Gasteiger partial charge in [0, 0.05) is 6.54 Å². The van der Waals surface area contributed by atoms with Crippen molar-refractivity contribution in [3.05, 3.63) is 23.8 Å². The molecule has 0 aromatic rings. The molecule has 0 rings (SSSR count). The van der Waals surface area contributed by atoms with Crippen LogP contribution in [0.25, 0.3) is 0 Å². The van der Waals surface area contributed by atoms with Crippen LogP contribution in [0, 0.1) is 0 Å². The van der Waals surface area contributed by atoms with Crippen LogP contribution in [0.5, 0.6) is 0 Å². The van der Waals surface area contributed by atoms with E-state index in [4.69, 9.17) is 0 Å². The van der Waals surface area contributed by atoms with Crippen molar-refractivity contribution in [2.45, 2.75) is 26.4 Å². The minimum Gasteiger partial charge on any atom is -0.387 e. The number of hydrogen-bond acceptors (Lipinski definition) is 2. The summed E-state index contributed by atoms with van der Waals surface area (Å²) in [5.74, 6) is 0. The SMILES string of the molecule is C/C=C(\C=C/CC)C(O)CNC. The molecule has 70 valence electrons. The molecule has 12 heavy (non-hydrogen) atoms. The summed E-state index contributed by atoms with van der Waals surface area (Å²) in [5.41, 5.74) is 0.978. The summed E-state index contributed by atoms with van der Waals surface area (Å²) in [6, 6.07) is 0. The minimum atomic E-state index is -0.386. The van der Waals surface area contributed by atoms with E-state index in [9.17, 15) is 5.11 Å². The fourth-order valence-corrected chi connectivity index (χ4v) is 0.965. The third-order valence-electron chi connectivity index (χ3n) is 1.66. The zero-order valence-corrected chi connectivity index (χ0v) is 8.17. The van der Waals surface area contributed by atoms with Crippen LogP contribution in [0.1, 0.15) is 20.3 Å². The quantitative estimate of drug-likeness (QED) is 0.611. The van der Waals surface area contributed by atoms with Gasteiger partial charge in [-0.3, -0.25) is 0 Å². The van der Waals surface area contributed by atoms with E-state index in [-0.39, 0.29) is 6.10 Å². The molecule has 0 amide bonds. The molecular weight excluding hydrogens is 150 g/mol. The number of rotatable bonds is 5. The lowest BCUT2D eigenvalue weighted by molar-refractivity contribution is 0.213. The van der Waals surface area contributed by atoms with Crippen molar-refractivity contribution >= 4 is 0 Å². The zero-order valence-electron chi connectivity index (χ0n) is 8.17. The van der Waals surface area contributed by atoms with Crippen molar-refractivity contribution in [2.24, 2.45) is 0 Å². The van der Waals surface area contributed by atoms with E-state index >= 15 is 0 Å². The van der Waals surface area contributed by atoms with Gasteiger partial charge in [0.1, 0.15) is 0 Å². The maximum atomic E-state index is 9.55. The molecule has 0 aromatic carbocycles. The van der Waals surface area contributed by atoms with Gasteiger partial charge in [-0.2, -0.15) is 0 Å². The summed E-state index contributed by atoms with van der Waals surface area (Å²) < 4.78 is 0. The molecule has 0 aliphatic carbocycles. The molecule has 2 N–H and O–H groups in total. The van der Waals surface area contributed by atoms with E-state index in [1.807, 2.05) is 32.2 Å². The van der Waals surface area contributed by atoms with Gasteiger partial charge in [0.25, 0.3) is 0 Å². The molecule has 0 bridgehead atoms. The van der Waals surface area contributed by atoms with Gasteiger partial charge >= 0.3 is 0 Å². The Balaban J connectivity index is 4.06. The van der Waals surface area contributed by atoms with E-state index in [0.717, 1.165) is 12.0 Å². The number of hydrogen-bond donors (Lipinski definition) is 2. The van der Waals surface area contributed by atoms with Crippen molar-refractivity contribution in [1.82, 2.24) is 5.32 Å². The number of allylic oxidation sites excluding steroid dienone is 2. The molecule has 0 aromatic heterocycles. The Hall–Kier alpha value is -0.600. The highest BCUT2D eigenvalue weighted by molar-refractivity contribution is 5.22. The van der Waals surface area contributed by atoms with Gasteiger partial charge < -0.3 is 10.4 Å². The Morgan fingerprint density at radius 3 is 2.67 bits per heavy atom. The third kappa shape index (κ3) is 4.31. The van der Waals surface area contributed by atoms with Crippen LogP contribution in [0.2, 0.25) is 0 Å². The molecule has 0 heterocycles. The fourth-order valence-electron chi connectivity index (χ4n) is 0.965. The van der Waals surface area contributed by atoms with E-state index < -0.39 is 0 Å². The van der Waals surface area contributed by atoms with Gasteiger partial charge in [-0.25, -0.2) is 0 Å². The molecule has 0 aliphatic rings. The topological polar surface area (TPSA) is 32.3 Å². The summed E-state index contributed by atoms with van der Waals surface area (Å²) in [5, 5.41) is 12.5. The van der Waals surface area contributed by atoms with Crippen molar-refractivity contribution < 1.29 is 5.11 Å². The Morgan fingerprint density at radius 2 is 2.25 bits per heavy atom. The summed E-state index contributed by atoms with van der Waals surface area (Å²) in [4.78, 5) is 0. The summed E-state index contributed by atoms with van der Waals surface area (Å²) in [7, 11) is 1.83. The molecule has 1 unspecified atom stereocenters. The average Bonchev–Trinajstić information content (AvgIpc) is 2.06. The molecule has 0 aliphatic heterocycles. The summed E-state index contributed by atoms with van der Waals surface area (Å²) in [6.07, 6.45) is 6.58. The van der Waals surface area contributed by atoms with Crippen molar-refractivity contribution in [1.29, 1.82) is 0 Å². The predicted molar refractivity (Wildman–Crippen MR) is 53.1 cm³/mol. The van der Waals surface area contributed by atoms with Gasteiger partial charge in [0.15, 0.2) is 0 Å². The Kier molecular flexibility index (Phi) is 6.72. The molecule has 0 spiro atoms. The zero-order chi connectivity index (χ0) is 9.40. The first-order valence-electron chi connectivity index (χ1n) is 4.41. The second kappa shape index (κ2) is 7.07. The molecule has 0 radical (unpaired) electrons. The molecule has 1 atom stereocenters. The maximum Gasteiger partial charge on any atom is 0.0910 e. The molecule has 0 saturated carbocycles. The lowest BCUT2D eigenvalue weighted by Crippen LogP contribution is -2.24. The van der Waals surface area contributed by atoms with Crippen LogP contribution < -0.4 is 5.32 Å². The van der Waals surface area contributed by atoms with Gasteiger partial charge in [-0.1, -0.05) is 25.2 Å². The minimum absolute atomic E-state index is 0.386. The number of aliphatic hydroxyl groups is 1. The van der Waals surface area contributed by atoms with Crippen LogP contribution >= 0.6 is 0 Å². The highest BCUT2D eigenvalue weighted by Gasteiger charge is 2.04. The number of nitrogens with one attached hydrogen (secondary N) is 1. The molecule has 0 fully saturated rings. The predicted octanol–water partition coefficient (Wildman–Crippen LogP) is 1.48. The van der Waals surface area contributed by atoms with E-state index in [0.29, 0.717) is 6.54 Å². The van der Waals surface area contributed by atoms with E-state index in [1.54, 1.807) is 0 Å². The lowest BCUT2D eigenvalue weighted by Gasteiger charge is -2.10. The largest absolute Gasteiger partial charge is 0.387 e. The fraction of sp³-hybridized carbons (Fsp3) is 0.600. The monoisotopic (exact) mass is 169 g/mol. The van der Waals surface area contributed by atoms with E-state index in [1.165, 1.54) is 0 Å². The summed E-state index contributed by atoms with van der Waals surface area (Å²) >= 11 is 0. The highest BCUT2D eigenvalue weighted by atomic mass is 16.3. The Labute approximate surface area is 75.0 Å². The van der Waals surface area contributed by atoms with Crippen molar-refractivity contribution in [3.8, 4) is 0 Å². The average molecular weight is 169 g/mol. The maximum absolute atomic E-state index is 9.55. The van der Waals surface area contributed by atoms with Crippen molar-refractivity contribution in [2.75, 3.05) is 13.6 Å². The summed E-state index contributed by atoms with van der Waals surface area (Å²) in [6.45, 7) is 4.62. The first-order valence-corrected chi connectivity index (χ1v) is 4.41. The second-order valence-corrected chi connectivity index (χ2v) is 2.67. The first-order chi connectivity index (χ1) is 5.76. The smallest absolute Gasteiger partial charge is 0.0910 e. The van der Waals surface area contributed by atoms with Gasteiger partial charge in [0.2, 0.25) is 0 Å². The Morgan fingerprint density at radius 1 is 1.58 bits per heavy atom. The first kappa shape index (κ1) is 11.4. The molecule has 2 nitrogen and oxygen atoms in total. The van der Waals surface area contributed by atoms with Gasteiger partial charge in [-0.15, -0.1) is 0 Å². The Bertz CT molecular complexity index is 161. The van der Waals surface area contributed by atoms with Crippen LogP contribution in [0.3, 0.4) is 0 Å². The standard InChI is InChI=1S/C10H19NO/c1-4-6-7-9(5-2)10(12)8-11-3/h5-7,10-12H,4,8H2,1-3H3/b7-6-,9-5+. The molecule has 0 saturated heterocycles. The van der Waals surface area contributed by atoms with Gasteiger partial charge in [-0.05, 0) is 26.0 Å². The van der Waals surface area contributed by atoms with Crippen LogP contribution in [0.15, 0.2) is 23.8 Å². The third-order valence-corrected chi connectivity index (χ3v) is 1.66. The molecule has 2 heteroatoms. The van der Waals surface area contributed by atoms with Crippen LogP contribution in [0.4, 0.5) is 0 Å². The highest BCUT2D eigenvalue weighted by Crippen LogP contribution is 2.03. The van der Waals surface area contributed by atoms with Gasteiger partial charge in [0.05, 0.1) is 6.10 Å². The molecular formula is C10H19NO. The number of aliphatic hydroxyl groups excluding tert-OH is 1. The van der Waals surface area contributed by atoms with Crippen LogP contribution in [-0.4, -0.2) is 24.8 Å². The van der Waals surface area contributed by atoms with E-state index in [2.05, 4.69) is 12.2 Å². The lowest BCUT2D eigenvalue weighted by atomic mass is 10.1. The van der Waals surface area contributed by atoms with Crippen molar-refractivity contribution in [3.63, 3.8) is 0 Å². The number of likely N-dealkylation sites (N-methyl/N-ethyl adjacent to an activating group) is 1. The normalized spacial score (nSPS) is 15.5.